The lowest BCUT2D eigenvalue weighted by Crippen LogP contribution is -2.09. The van der Waals surface area contributed by atoms with Gasteiger partial charge in [-0.1, -0.05) is 6.92 Å². The molecule has 66 valence electrons. The third-order valence-corrected chi connectivity index (χ3v) is 1.86. The van der Waals surface area contributed by atoms with E-state index >= 15 is 0 Å². The molecule has 1 aromatic heterocycles. The Kier molecular flexibility index (Phi) is 2.53. The summed E-state index contributed by atoms with van der Waals surface area (Å²) in [5.41, 5.74) is 0.752. The maximum absolute atomic E-state index is 10.7. The summed E-state index contributed by atoms with van der Waals surface area (Å²) < 4.78 is 5.03. The Balaban J connectivity index is 2.87. The fraction of sp³-hybridized carbons (Fsp3) is 0.444. The molecule has 3 nitrogen and oxygen atoms in total. The second-order valence-corrected chi connectivity index (χ2v) is 2.79. The first-order valence-electron chi connectivity index (χ1n) is 3.93. The third kappa shape index (κ3) is 1.67. The lowest BCUT2D eigenvalue weighted by Gasteiger charge is -2.04. The summed E-state index contributed by atoms with van der Waals surface area (Å²) in [6.45, 7) is 3.65. The molecular weight excluding hydrogens is 156 g/mol. The fourth-order valence-electron chi connectivity index (χ4n) is 1.20. The summed E-state index contributed by atoms with van der Waals surface area (Å²) in [6.07, 6.45) is 2.10. The maximum atomic E-state index is 10.7. The topological polar surface area (TPSA) is 50.4 Å². The van der Waals surface area contributed by atoms with Gasteiger partial charge in [0.05, 0.1) is 12.2 Å². The lowest BCUT2D eigenvalue weighted by atomic mass is 10.00. The first-order valence-corrected chi connectivity index (χ1v) is 3.93. The van der Waals surface area contributed by atoms with Crippen molar-refractivity contribution in [3.05, 3.63) is 23.7 Å². The molecule has 0 fully saturated rings. The van der Waals surface area contributed by atoms with Crippen LogP contribution in [0.3, 0.4) is 0 Å². The molecule has 0 aliphatic heterocycles. The van der Waals surface area contributed by atoms with E-state index in [1.54, 1.807) is 13.0 Å². The van der Waals surface area contributed by atoms with Gasteiger partial charge in [0, 0.05) is 5.56 Å². The van der Waals surface area contributed by atoms with Gasteiger partial charge in [-0.25, -0.2) is 0 Å². The number of carbonyl (C=O) groups is 1. The van der Waals surface area contributed by atoms with Crippen LogP contribution in [0.1, 0.15) is 30.6 Å². The zero-order chi connectivity index (χ0) is 9.14. The van der Waals surface area contributed by atoms with Crippen molar-refractivity contribution in [2.75, 3.05) is 0 Å². The van der Waals surface area contributed by atoms with E-state index in [9.17, 15) is 4.79 Å². The minimum Gasteiger partial charge on any atom is -0.481 e. The Morgan fingerprint density at radius 2 is 2.42 bits per heavy atom. The average molecular weight is 168 g/mol. The van der Waals surface area contributed by atoms with Crippen molar-refractivity contribution in [1.82, 2.24) is 0 Å². The Bertz CT molecular complexity index is 275. The van der Waals surface area contributed by atoms with Gasteiger partial charge in [-0.3, -0.25) is 4.79 Å². The first-order chi connectivity index (χ1) is 5.65. The maximum Gasteiger partial charge on any atom is 0.311 e. The number of carboxylic acids is 1. The van der Waals surface area contributed by atoms with Crippen molar-refractivity contribution in [2.24, 2.45) is 0 Å². The Morgan fingerprint density at radius 1 is 1.75 bits per heavy atom. The van der Waals surface area contributed by atoms with Gasteiger partial charge in [0.25, 0.3) is 0 Å². The fourth-order valence-corrected chi connectivity index (χ4v) is 1.20. The molecule has 0 saturated heterocycles. The zero-order valence-electron chi connectivity index (χ0n) is 7.20. The number of rotatable bonds is 3. The van der Waals surface area contributed by atoms with Gasteiger partial charge in [-0.05, 0) is 19.4 Å². The second kappa shape index (κ2) is 3.43. The summed E-state index contributed by atoms with van der Waals surface area (Å²) in [4.78, 5) is 10.7. The van der Waals surface area contributed by atoms with E-state index < -0.39 is 11.9 Å². The molecule has 0 bridgehead atoms. The predicted molar refractivity (Wildman–Crippen MR) is 44.1 cm³/mol. The molecule has 0 aromatic carbocycles. The highest BCUT2D eigenvalue weighted by molar-refractivity contribution is 5.75. The van der Waals surface area contributed by atoms with E-state index in [0.717, 1.165) is 11.3 Å². The molecule has 1 aromatic rings. The quantitative estimate of drug-likeness (QED) is 0.752. The first kappa shape index (κ1) is 8.84. The van der Waals surface area contributed by atoms with Gasteiger partial charge in [0.2, 0.25) is 0 Å². The molecule has 0 aliphatic rings. The summed E-state index contributed by atoms with van der Waals surface area (Å²) in [5, 5.41) is 8.79. The summed E-state index contributed by atoms with van der Waals surface area (Å²) in [5.74, 6) is -0.467. The van der Waals surface area contributed by atoms with Crippen LogP contribution in [-0.4, -0.2) is 11.1 Å². The standard InChI is InChI=1S/C9H12O3/c1-3-8(9(10)11)7-4-6(2)12-5-7/h4-5,8H,3H2,1-2H3,(H,10,11). The molecule has 0 amide bonds. The van der Waals surface area contributed by atoms with Gasteiger partial charge >= 0.3 is 5.97 Å². The van der Waals surface area contributed by atoms with Gasteiger partial charge in [-0.15, -0.1) is 0 Å². The van der Waals surface area contributed by atoms with Gasteiger partial charge in [0.15, 0.2) is 0 Å². The van der Waals surface area contributed by atoms with E-state index in [0.29, 0.717) is 6.42 Å². The summed E-state index contributed by atoms with van der Waals surface area (Å²) in [7, 11) is 0. The Hall–Kier alpha value is -1.25. The minimum absolute atomic E-state index is 0.428. The van der Waals surface area contributed by atoms with Crippen LogP contribution in [0.25, 0.3) is 0 Å². The smallest absolute Gasteiger partial charge is 0.311 e. The summed E-state index contributed by atoms with van der Waals surface area (Å²) >= 11 is 0. The highest BCUT2D eigenvalue weighted by atomic mass is 16.4. The van der Waals surface area contributed by atoms with Crippen molar-refractivity contribution >= 4 is 5.97 Å². The van der Waals surface area contributed by atoms with Crippen LogP contribution in [0.2, 0.25) is 0 Å². The molecule has 0 radical (unpaired) electrons. The number of furan rings is 1. The Morgan fingerprint density at radius 3 is 2.75 bits per heavy atom. The molecule has 3 heteroatoms. The van der Waals surface area contributed by atoms with Crippen molar-refractivity contribution in [2.45, 2.75) is 26.2 Å². The third-order valence-electron chi connectivity index (χ3n) is 1.86. The van der Waals surface area contributed by atoms with E-state index in [1.807, 2.05) is 6.92 Å². The SMILES string of the molecule is CCC(C(=O)O)c1coc(C)c1. The minimum atomic E-state index is -0.793. The number of aliphatic carboxylic acids is 1. The monoisotopic (exact) mass is 168 g/mol. The number of hydrogen-bond donors (Lipinski definition) is 1. The van der Waals surface area contributed by atoms with E-state index in [1.165, 1.54) is 6.26 Å². The molecule has 0 saturated carbocycles. The Labute approximate surface area is 71.0 Å². The van der Waals surface area contributed by atoms with Crippen LogP contribution in [-0.2, 0) is 4.79 Å². The van der Waals surface area contributed by atoms with Crippen LogP contribution in [0.4, 0.5) is 0 Å². The van der Waals surface area contributed by atoms with Crippen molar-refractivity contribution < 1.29 is 14.3 Å². The molecule has 0 aliphatic carbocycles. The predicted octanol–water partition coefficient (Wildman–Crippen LogP) is 2.17. The molecule has 1 atom stereocenters. The normalized spacial score (nSPS) is 12.8. The number of aryl methyl sites for hydroxylation is 1. The molecule has 1 N–H and O–H groups in total. The van der Waals surface area contributed by atoms with Crippen LogP contribution in [0, 0.1) is 6.92 Å². The average Bonchev–Trinajstić information content (AvgIpc) is 2.37. The highest BCUT2D eigenvalue weighted by Gasteiger charge is 2.18. The van der Waals surface area contributed by atoms with Crippen molar-refractivity contribution in [3.63, 3.8) is 0 Å². The largest absolute Gasteiger partial charge is 0.481 e. The van der Waals surface area contributed by atoms with Gasteiger partial charge < -0.3 is 9.52 Å². The molecular formula is C9H12O3. The summed E-state index contributed by atoms with van der Waals surface area (Å²) in [6, 6.07) is 1.77. The zero-order valence-corrected chi connectivity index (χ0v) is 7.20. The van der Waals surface area contributed by atoms with Crippen LogP contribution >= 0.6 is 0 Å². The van der Waals surface area contributed by atoms with Crippen LogP contribution < -0.4 is 0 Å². The highest BCUT2D eigenvalue weighted by Crippen LogP contribution is 2.21. The van der Waals surface area contributed by atoms with E-state index in [4.69, 9.17) is 9.52 Å². The molecule has 1 rings (SSSR count). The van der Waals surface area contributed by atoms with Crippen LogP contribution in [0.15, 0.2) is 16.7 Å². The van der Waals surface area contributed by atoms with Crippen molar-refractivity contribution in [1.29, 1.82) is 0 Å². The molecule has 1 heterocycles. The van der Waals surface area contributed by atoms with E-state index in [2.05, 4.69) is 0 Å². The number of hydrogen-bond acceptors (Lipinski definition) is 2. The second-order valence-electron chi connectivity index (χ2n) is 2.79. The van der Waals surface area contributed by atoms with Gasteiger partial charge in [-0.2, -0.15) is 0 Å². The molecule has 12 heavy (non-hydrogen) atoms. The van der Waals surface area contributed by atoms with Crippen LogP contribution in [0.5, 0.6) is 0 Å². The number of carboxylic acid groups (broad SMARTS) is 1. The van der Waals surface area contributed by atoms with E-state index in [-0.39, 0.29) is 0 Å². The molecule has 0 spiro atoms. The van der Waals surface area contributed by atoms with Crippen molar-refractivity contribution in [3.8, 4) is 0 Å². The van der Waals surface area contributed by atoms with Gasteiger partial charge in [0.1, 0.15) is 5.76 Å². The molecule has 1 unspecified atom stereocenters. The lowest BCUT2D eigenvalue weighted by molar-refractivity contribution is -0.138.